The second-order valence-corrected chi connectivity index (χ2v) is 4.98. The zero-order valence-electron chi connectivity index (χ0n) is 10.4. The summed E-state index contributed by atoms with van der Waals surface area (Å²) in [7, 11) is 0. The largest absolute Gasteiger partial charge is 0.476 e. The Morgan fingerprint density at radius 3 is 2.50 bits per heavy atom. The molecule has 0 spiro atoms. The standard InChI is InChI=1S/C14H12Cl2N2O2/c15-10-3-1-9(2-4-10)7-8-17-12-6-5-11(16)13(18-12)14(19)20/h1-6H,7-8H2,(H,17,18)(H,19,20). The summed E-state index contributed by atoms with van der Waals surface area (Å²) in [5.41, 5.74) is 0.984. The van der Waals surface area contributed by atoms with E-state index in [9.17, 15) is 4.79 Å². The molecule has 0 aliphatic carbocycles. The Labute approximate surface area is 126 Å². The molecule has 0 unspecified atom stereocenters. The minimum Gasteiger partial charge on any atom is -0.476 e. The Kier molecular flexibility index (Phi) is 4.82. The summed E-state index contributed by atoms with van der Waals surface area (Å²) < 4.78 is 0. The van der Waals surface area contributed by atoms with Crippen LogP contribution in [0.25, 0.3) is 0 Å². The van der Waals surface area contributed by atoms with E-state index in [0.29, 0.717) is 17.4 Å². The highest BCUT2D eigenvalue weighted by Crippen LogP contribution is 2.17. The lowest BCUT2D eigenvalue weighted by Gasteiger charge is -2.07. The van der Waals surface area contributed by atoms with Gasteiger partial charge in [-0.3, -0.25) is 0 Å². The number of rotatable bonds is 5. The highest BCUT2D eigenvalue weighted by Gasteiger charge is 2.11. The third-order valence-electron chi connectivity index (χ3n) is 2.68. The first kappa shape index (κ1) is 14.6. The molecule has 1 aromatic carbocycles. The van der Waals surface area contributed by atoms with Crippen LogP contribution in [-0.4, -0.2) is 22.6 Å². The van der Waals surface area contributed by atoms with Gasteiger partial charge in [0.2, 0.25) is 0 Å². The molecule has 6 heteroatoms. The molecule has 0 atom stereocenters. The van der Waals surface area contributed by atoms with E-state index in [0.717, 1.165) is 12.0 Å². The number of carboxylic acids is 1. The molecular formula is C14H12Cl2N2O2. The Hall–Kier alpha value is -1.78. The molecule has 0 saturated carbocycles. The number of hydrogen-bond acceptors (Lipinski definition) is 3. The minimum atomic E-state index is -1.14. The summed E-state index contributed by atoms with van der Waals surface area (Å²) in [5.74, 6) is -0.655. The lowest BCUT2D eigenvalue weighted by atomic mass is 10.1. The highest BCUT2D eigenvalue weighted by molar-refractivity contribution is 6.33. The van der Waals surface area contributed by atoms with E-state index in [1.807, 2.05) is 24.3 Å². The van der Waals surface area contributed by atoms with Crippen LogP contribution in [0, 0.1) is 0 Å². The number of anilines is 1. The maximum absolute atomic E-state index is 10.9. The average molecular weight is 311 g/mol. The van der Waals surface area contributed by atoms with Gasteiger partial charge in [0.05, 0.1) is 5.02 Å². The first-order chi connectivity index (χ1) is 9.56. The predicted molar refractivity (Wildman–Crippen MR) is 79.9 cm³/mol. The van der Waals surface area contributed by atoms with Crippen LogP contribution < -0.4 is 5.32 Å². The first-order valence-corrected chi connectivity index (χ1v) is 6.70. The summed E-state index contributed by atoms with van der Waals surface area (Å²) in [6, 6.07) is 10.7. The topological polar surface area (TPSA) is 62.2 Å². The van der Waals surface area contributed by atoms with Gasteiger partial charge in [-0.05, 0) is 36.2 Å². The maximum atomic E-state index is 10.9. The van der Waals surface area contributed by atoms with Gasteiger partial charge in [-0.1, -0.05) is 35.3 Å². The molecule has 20 heavy (non-hydrogen) atoms. The van der Waals surface area contributed by atoms with E-state index in [1.54, 1.807) is 6.07 Å². The van der Waals surface area contributed by atoms with Crippen molar-refractivity contribution < 1.29 is 9.90 Å². The van der Waals surface area contributed by atoms with E-state index in [-0.39, 0.29) is 10.7 Å². The van der Waals surface area contributed by atoms with Crippen LogP contribution in [-0.2, 0) is 6.42 Å². The smallest absolute Gasteiger partial charge is 0.356 e. The van der Waals surface area contributed by atoms with Crippen LogP contribution in [0.15, 0.2) is 36.4 Å². The number of halogens is 2. The van der Waals surface area contributed by atoms with Gasteiger partial charge < -0.3 is 10.4 Å². The number of carboxylic acid groups (broad SMARTS) is 1. The lowest BCUT2D eigenvalue weighted by Crippen LogP contribution is -2.09. The van der Waals surface area contributed by atoms with E-state index in [1.165, 1.54) is 6.07 Å². The first-order valence-electron chi connectivity index (χ1n) is 5.94. The minimum absolute atomic E-state index is 0.126. The van der Waals surface area contributed by atoms with E-state index in [2.05, 4.69) is 10.3 Å². The Morgan fingerprint density at radius 2 is 1.85 bits per heavy atom. The van der Waals surface area contributed by atoms with Gasteiger partial charge in [0.15, 0.2) is 5.69 Å². The fraction of sp³-hybridized carbons (Fsp3) is 0.143. The molecular weight excluding hydrogens is 299 g/mol. The average Bonchev–Trinajstić information content (AvgIpc) is 2.42. The van der Waals surface area contributed by atoms with Crippen LogP contribution >= 0.6 is 23.2 Å². The number of hydrogen-bond donors (Lipinski definition) is 2. The van der Waals surface area contributed by atoms with Crippen molar-refractivity contribution in [1.82, 2.24) is 4.98 Å². The van der Waals surface area contributed by atoms with Crippen LogP contribution in [0.3, 0.4) is 0 Å². The number of nitrogens with zero attached hydrogens (tertiary/aromatic N) is 1. The fourth-order valence-electron chi connectivity index (χ4n) is 1.68. The highest BCUT2D eigenvalue weighted by atomic mass is 35.5. The van der Waals surface area contributed by atoms with E-state index < -0.39 is 5.97 Å². The molecule has 0 amide bonds. The maximum Gasteiger partial charge on any atom is 0.356 e. The Balaban J connectivity index is 1.96. The fourth-order valence-corrected chi connectivity index (χ4v) is 1.99. The second kappa shape index (κ2) is 6.59. The quantitative estimate of drug-likeness (QED) is 0.883. The zero-order chi connectivity index (χ0) is 14.5. The van der Waals surface area contributed by atoms with Crippen LogP contribution in [0.5, 0.6) is 0 Å². The number of carbonyl (C=O) groups is 1. The summed E-state index contributed by atoms with van der Waals surface area (Å²) in [5, 5.41) is 12.8. The van der Waals surface area contributed by atoms with Crippen molar-refractivity contribution in [2.45, 2.75) is 6.42 Å². The predicted octanol–water partition coefficient (Wildman–Crippen LogP) is 3.74. The van der Waals surface area contributed by atoms with Gasteiger partial charge >= 0.3 is 5.97 Å². The molecule has 0 fully saturated rings. The van der Waals surface area contributed by atoms with Gasteiger partial charge in [-0.25, -0.2) is 9.78 Å². The SMILES string of the molecule is O=C(O)c1nc(NCCc2ccc(Cl)cc2)ccc1Cl. The van der Waals surface area contributed by atoms with Crippen LogP contribution in [0.4, 0.5) is 5.82 Å². The molecule has 2 aromatic rings. The van der Waals surface area contributed by atoms with E-state index in [4.69, 9.17) is 28.3 Å². The number of benzene rings is 1. The van der Waals surface area contributed by atoms with E-state index >= 15 is 0 Å². The molecule has 0 aliphatic heterocycles. The van der Waals surface area contributed by atoms with Crippen molar-refractivity contribution in [3.8, 4) is 0 Å². The van der Waals surface area contributed by atoms with Crippen LogP contribution in [0.1, 0.15) is 16.1 Å². The van der Waals surface area contributed by atoms with Gasteiger partial charge in [-0.15, -0.1) is 0 Å². The zero-order valence-corrected chi connectivity index (χ0v) is 11.9. The van der Waals surface area contributed by atoms with Crippen molar-refractivity contribution in [2.24, 2.45) is 0 Å². The van der Waals surface area contributed by atoms with Crippen molar-refractivity contribution in [1.29, 1.82) is 0 Å². The van der Waals surface area contributed by atoms with Crippen LogP contribution in [0.2, 0.25) is 10.0 Å². The normalized spacial score (nSPS) is 10.3. The number of pyridine rings is 1. The van der Waals surface area contributed by atoms with Crippen molar-refractivity contribution in [3.05, 3.63) is 57.7 Å². The summed E-state index contributed by atoms with van der Waals surface area (Å²) in [6.07, 6.45) is 0.782. The molecule has 0 saturated heterocycles. The molecule has 0 radical (unpaired) electrons. The van der Waals surface area contributed by atoms with Gasteiger partial charge in [0.1, 0.15) is 5.82 Å². The number of aromatic nitrogens is 1. The molecule has 1 heterocycles. The van der Waals surface area contributed by atoms with Crippen molar-refractivity contribution in [2.75, 3.05) is 11.9 Å². The van der Waals surface area contributed by atoms with Gasteiger partial charge in [-0.2, -0.15) is 0 Å². The van der Waals surface area contributed by atoms with Crippen molar-refractivity contribution >= 4 is 35.0 Å². The summed E-state index contributed by atoms with van der Waals surface area (Å²) >= 11 is 11.6. The molecule has 104 valence electrons. The lowest BCUT2D eigenvalue weighted by molar-refractivity contribution is 0.0691. The van der Waals surface area contributed by atoms with Gasteiger partial charge in [0, 0.05) is 11.6 Å². The number of aromatic carboxylic acids is 1. The Bertz CT molecular complexity index is 615. The third-order valence-corrected chi connectivity index (χ3v) is 3.24. The van der Waals surface area contributed by atoms with Gasteiger partial charge in [0.25, 0.3) is 0 Å². The molecule has 0 aliphatic rings. The number of nitrogens with one attached hydrogen (secondary N) is 1. The molecule has 4 nitrogen and oxygen atoms in total. The van der Waals surface area contributed by atoms with Crippen molar-refractivity contribution in [3.63, 3.8) is 0 Å². The molecule has 2 rings (SSSR count). The summed E-state index contributed by atoms with van der Waals surface area (Å²) in [4.78, 5) is 14.9. The molecule has 2 N–H and O–H groups in total. The molecule has 0 bridgehead atoms. The summed E-state index contributed by atoms with van der Waals surface area (Å²) in [6.45, 7) is 0.634. The molecule has 1 aromatic heterocycles. The monoisotopic (exact) mass is 310 g/mol. The second-order valence-electron chi connectivity index (χ2n) is 4.14. The third kappa shape index (κ3) is 3.85. The Morgan fingerprint density at radius 1 is 1.15 bits per heavy atom.